The molecule has 0 radical (unpaired) electrons. The van der Waals surface area contributed by atoms with Gasteiger partial charge in [-0.15, -0.1) is 0 Å². The first kappa shape index (κ1) is 26.2. The number of carboxylic acid groups (broad SMARTS) is 1. The van der Waals surface area contributed by atoms with Gasteiger partial charge in [-0.05, 0) is 60.7 Å². The molecular formula is C29H25Cl2N5O4. The zero-order valence-corrected chi connectivity index (χ0v) is 22.9. The van der Waals surface area contributed by atoms with Gasteiger partial charge in [0.2, 0.25) is 0 Å². The lowest BCUT2D eigenvalue weighted by atomic mass is 9.90. The lowest BCUT2D eigenvalue weighted by Crippen LogP contribution is -2.53. The summed E-state index contributed by atoms with van der Waals surface area (Å²) in [6.07, 6.45) is 5.25. The van der Waals surface area contributed by atoms with Crippen molar-refractivity contribution in [2.45, 2.75) is 43.6 Å². The minimum atomic E-state index is -1.28. The smallest absolute Gasteiger partial charge is 0.329 e. The molecule has 2 amide bonds. The fourth-order valence-electron chi connectivity index (χ4n) is 5.45. The molecule has 40 heavy (non-hydrogen) atoms. The standard InChI is InChI=1S/C29H25Cl2N5O4/c1-28(14-17-4-6-18(7-5-17)19-3-2-10-32-15-19)25(38)35(22-12-20(30)11-21(31)13-22)27-33-16-23(36(27)28)24(37)34-29(8-9-29)26(39)40/h2-7,10-13,15-16,27,33H,8-9,14H2,1H3,(H,34,37)(H,39,40)/t27?,28-/m1/s1. The van der Waals surface area contributed by atoms with Crippen LogP contribution in [0.3, 0.4) is 0 Å². The second-order valence-corrected chi connectivity index (χ2v) is 11.3. The lowest BCUT2D eigenvalue weighted by molar-refractivity contribution is -0.143. The first-order valence-corrected chi connectivity index (χ1v) is 13.5. The molecule has 2 fully saturated rings. The topological polar surface area (TPSA) is 115 Å². The SMILES string of the molecule is C[C@@]1(Cc2ccc(-c3cccnc3)cc2)C(=O)N(c2cc(Cl)cc(Cl)c2)C2NC=C(C(=O)NC3(C(=O)O)CC3)N21. The van der Waals surface area contributed by atoms with Crippen LogP contribution in [0.2, 0.25) is 10.0 Å². The largest absolute Gasteiger partial charge is 0.480 e. The number of pyridine rings is 1. The molecule has 11 heteroatoms. The van der Waals surface area contributed by atoms with Crippen LogP contribution in [0.5, 0.6) is 0 Å². The molecule has 1 unspecified atom stereocenters. The molecule has 3 N–H and O–H groups in total. The van der Waals surface area contributed by atoms with Gasteiger partial charge in [0.05, 0.1) is 5.69 Å². The summed E-state index contributed by atoms with van der Waals surface area (Å²) in [6, 6.07) is 16.5. The highest BCUT2D eigenvalue weighted by molar-refractivity contribution is 6.35. The summed E-state index contributed by atoms with van der Waals surface area (Å²) >= 11 is 12.6. The number of benzene rings is 2. The van der Waals surface area contributed by atoms with Crippen molar-refractivity contribution in [2.24, 2.45) is 0 Å². The number of carbonyl (C=O) groups excluding carboxylic acids is 2. The van der Waals surface area contributed by atoms with Crippen molar-refractivity contribution in [2.75, 3.05) is 4.90 Å². The first-order chi connectivity index (χ1) is 19.1. The number of carboxylic acids is 1. The number of carbonyl (C=O) groups is 3. The van der Waals surface area contributed by atoms with Gasteiger partial charge in [-0.25, -0.2) is 4.79 Å². The molecule has 3 aliphatic rings. The Morgan fingerprint density at radius 2 is 1.80 bits per heavy atom. The lowest BCUT2D eigenvalue weighted by Gasteiger charge is -2.34. The molecule has 1 saturated heterocycles. The van der Waals surface area contributed by atoms with E-state index >= 15 is 0 Å². The van der Waals surface area contributed by atoms with Crippen molar-refractivity contribution >= 4 is 46.7 Å². The third-order valence-corrected chi connectivity index (χ3v) is 8.13. The van der Waals surface area contributed by atoms with E-state index in [0.717, 1.165) is 16.7 Å². The van der Waals surface area contributed by atoms with E-state index in [0.29, 0.717) is 28.6 Å². The molecule has 3 heterocycles. The van der Waals surface area contributed by atoms with Crippen LogP contribution in [0.15, 0.2) is 78.9 Å². The molecule has 9 nitrogen and oxygen atoms in total. The van der Waals surface area contributed by atoms with Gasteiger partial charge in [-0.2, -0.15) is 0 Å². The number of hydrogen-bond donors (Lipinski definition) is 3. The molecule has 2 atom stereocenters. The van der Waals surface area contributed by atoms with Gasteiger partial charge in [-0.1, -0.05) is 53.5 Å². The van der Waals surface area contributed by atoms with E-state index in [9.17, 15) is 19.5 Å². The average Bonchev–Trinajstić information content (AvgIpc) is 3.52. The van der Waals surface area contributed by atoms with Gasteiger partial charge < -0.3 is 20.6 Å². The predicted octanol–water partition coefficient (Wildman–Crippen LogP) is 4.17. The number of amides is 2. The summed E-state index contributed by atoms with van der Waals surface area (Å²) in [5, 5.41) is 16.2. The molecule has 204 valence electrons. The van der Waals surface area contributed by atoms with Crippen LogP contribution in [-0.4, -0.2) is 50.1 Å². The Hall–Kier alpha value is -4.08. The maximum absolute atomic E-state index is 14.2. The van der Waals surface area contributed by atoms with Crippen molar-refractivity contribution in [1.82, 2.24) is 20.5 Å². The molecule has 1 aromatic heterocycles. The number of rotatable bonds is 7. The van der Waals surface area contributed by atoms with Gasteiger partial charge in [-0.3, -0.25) is 19.5 Å². The molecule has 0 bridgehead atoms. The van der Waals surface area contributed by atoms with Crippen molar-refractivity contribution in [1.29, 1.82) is 0 Å². The molecule has 6 rings (SSSR count). The average molecular weight is 578 g/mol. The highest BCUT2D eigenvalue weighted by Gasteiger charge is 2.60. The van der Waals surface area contributed by atoms with E-state index < -0.39 is 29.2 Å². The van der Waals surface area contributed by atoms with Gasteiger partial charge in [0.1, 0.15) is 16.8 Å². The van der Waals surface area contributed by atoms with E-state index in [1.807, 2.05) is 36.4 Å². The highest BCUT2D eigenvalue weighted by Crippen LogP contribution is 2.43. The van der Waals surface area contributed by atoms with Crippen molar-refractivity contribution in [3.8, 4) is 11.1 Å². The summed E-state index contributed by atoms with van der Waals surface area (Å²) in [4.78, 5) is 46.9. The number of halogens is 2. The highest BCUT2D eigenvalue weighted by atomic mass is 35.5. The fourth-order valence-corrected chi connectivity index (χ4v) is 5.96. The van der Waals surface area contributed by atoms with Gasteiger partial charge in [0, 0.05) is 35.1 Å². The minimum Gasteiger partial charge on any atom is -0.480 e. The Bertz CT molecular complexity index is 1540. The van der Waals surface area contributed by atoms with Crippen LogP contribution in [-0.2, 0) is 20.8 Å². The van der Waals surface area contributed by atoms with Gasteiger partial charge >= 0.3 is 5.97 Å². The molecule has 3 aromatic rings. The monoisotopic (exact) mass is 577 g/mol. The molecule has 2 aromatic carbocycles. The van der Waals surface area contributed by atoms with E-state index in [-0.39, 0.29) is 18.0 Å². The Kier molecular flexibility index (Phi) is 6.23. The van der Waals surface area contributed by atoms with Crippen molar-refractivity contribution in [3.63, 3.8) is 0 Å². The zero-order valence-electron chi connectivity index (χ0n) is 21.4. The third kappa shape index (κ3) is 4.35. The number of anilines is 1. The van der Waals surface area contributed by atoms with Crippen LogP contribution in [0.25, 0.3) is 11.1 Å². The molecule has 0 spiro atoms. The molecule has 2 aliphatic heterocycles. The van der Waals surface area contributed by atoms with Crippen LogP contribution in [0.1, 0.15) is 25.3 Å². The third-order valence-electron chi connectivity index (χ3n) is 7.70. The van der Waals surface area contributed by atoms with Crippen LogP contribution < -0.4 is 15.5 Å². The van der Waals surface area contributed by atoms with E-state index in [1.165, 1.54) is 11.1 Å². The number of fused-ring (bicyclic) bond motifs is 1. The number of aromatic nitrogens is 1. The minimum absolute atomic E-state index is 0.177. The van der Waals surface area contributed by atoms with E-state index in [4.69, 9.17) is 23.2 Å². The number of hydrogen-bond acceptors (Lipinski definition) is 6. The predicted molar refractivity (Wildman–Crippen MR) is 150 cm³/mol. The number of nitrogens with zero attached hydrogens (tertiary/aromatic N) is 3. The fraction of sp³-hybridized carbons (Fsp3) is 0.241. The Morgan fingerprint density at radius 1 is 1.10 bits per heavy atom. The molecular weight excluding hydrogens is 553 g/mol. The number of aliphatic carboxylic acids is 1. The summed E-state index contributed by atoms with van der Waals surface area (Å²) in [6.45, 7) is 1.78. The van der Waals surface area contributed by atoms with E-state index in [2.05, 4.69) is 15.6 Å². The van der Waals surface area contributed by atoms with Crippen molar-refractivity contribution < 1.29 is 19.5 Å². The van der Waals surface area contributed by atoms with Gasteiger partial charge in [0.15, 0.2) is 6.29 Å². The quantitative estimate of drug-likeness (QED) is 0.386. The summed E-state index contributed by atoms with van der Waals surface area (Å²) in [5.41, 5.74) is 0.999. The maximum atomic E-state index is 14.2. The molecule has 1 aliphatic carbocycles. The Morgan fingerprint density at radius 3 is 2.40 bits per heavy atom. The number of nitrogens with one attached hydrogen (secondary N) is 2. The van der Waals surface area contributed by atoms with Crippen LogP contribution >= 0.6 is 23.2 Å². The zero-order chi connectivity index (χ0) is 28.2. The van der Waals surface area contributed by atoms with Crippen LogP contribution in [0.4, 0.5) is 5.69 Å². The van der Waals surface area contributed by atoms with E-state index in [1.54, 1.807) is 42.4 Å². The Balaban J connectivity index is 1.36. The summed E-state index contributed by atoms with van der Waals surface area (Å²) < 4.78 is 0. The second kappa shape index (κ2) is 9.53. The first-order valence-electron chi connectivity index (χ1n) is 12.7. The van der Waals surface area contributed by atoms with Gasteiger partial charge in [0.25, 0.3) is 11.8 Å². The Labute approximate surface area is 240 Å². The normalized spacial score (nSPS) is 22.4. The maximum Gasteiger partial charge on any atom is 0.329 e. The van der Waals surface area contributed by atoms with Crippen molar-refractivity contribution in [3.05, 3.63) is 94.5 Å². The second-order valence-electron chi connectivity index (χ2n) is 10.5. The summed E-state index contributed by atoms with van der Waals surface area (Å²) in [5.74, 6) is -1.91. The van der Waals surface area contributed by atoms with Crippen LogP contribution in [0, 0.1) is 0 Å². The summed E-state index contributed by atoms with van der Waals surface area (Å²) in [7, 11) is 0. The molecule has 1 saturated carbocycles.